The first-order valence-corrected chi connectivity index (χ1v) is 9.00. The molecule has 3 aromatic rings. The van der Waals surface area contributed by atoms with E-state index < -0.39 is 12.0 Å². The average molecular weight is 402 g/mol. The number of ether oxygens (including phenoxy) is 1. The Kier molecular flexibility index (Phi) is 6.22. The van der Waals surface area contributed by atoms with Crippen LogP contribution in [0.25, 0.3) is 0 Å². The van der Waals surface area contributed by atoms with Crippen LogP contribution < -0.4 is 10.1 Å². The minimum Gasteiger partial charge on any atom is -0.489 e. The first-order chi connectivity index (χ1) is 13.0. The van der Waals surface area contributed by atoms with Crippen molar-refractivity contribution < 1.29 is 14.6 Å². The van der Waals surface area contributed by atoms with E-state index in [1.54, 1.807) is 54.6 Å². The Morgan fingerprint density at radius 1 is 0.926 bits per heavy atom. The van der Waals surface area contributed by atoms with Crippen molar-refractivity contribution in [3.8, 4) is 5.75 Å². The molecule has 0 spiro atoms. The third-order valence-electron chi connectivity index (χ3n) is 3.99. The quantitative estimate of drug-likeness (QED) is 0.524. The molecule has 0 aliphatic heterocycles. The SMILES string of the molecule is O=C(O)C(Nc1ccc(OCc2c(Cl)cccc2Cl)cc1)c1ccccc1. The highest BCUT2D eigenvalue weighted by Gasteiger charge is 2.19. The number of anilines is 1. The Morgan fingerprint density at radius 3 is 2.15 bits per heavy atom. The van der Waals surface area contributed by atoms with Crippen molar-refractivity contribution in [3.63, 3.8) is 0 Å². The van der Waals surface area contributed by atoms with Gasteiger partial charge in [0.1, 0.15) is 12.4 Å². The minimum absolute atomic E-state index is 0.243. The molecule has 0 saturated carbocycles. The summed E-state index contributed by atoms with van der Waals surface area (Å²) in [6.07, 6.45) is 0. The van der Waals surface area contributed by atoms with Gasteiger partial charge in [-0.2, -0.15) is 0 Å². The van der Waals surface area contributed by atoms with Gasteiger partial charge in [-0.05, 0) is 42.0 Å². The standard InChI is InChI=1S/C21H17Cl2NO3/c22-18-7-4-8-19(23)17(18)13-27-16-11-9-15(10-12-16)24-20(21(25)26)14-5-2-1-3-6-14/h1-12,20,24H,13H2,(H,25,26). The van der Waals surface area contributed by atoms with Crippen molar-refractivity contribution in [2.75, 3.05) is 5.32 Å². The summed E-state index contributed by atoms with van der Waals surface area (Å²) in [4.78, 5) is 11.6. The van der Waals surface area contributed by atoms with E-state index in [-0.39, 0.29) is 6.61 Å². The molecular weight excluding hydrogens is 385 g/mol. The number of halogens is 2. The van der Waals surface area contributed by atoms with E-state index in [1.807, 2.05) is 18.2 Å². The van der Waals surface area contributed by atoms with Crippen LogP contribution in [0.15, 0.2) is 72.8 Å². The third kappa shape index (κ3) is 4.94. The Bertz CT molecular complexity index is 894. The van der Waals surface area contributed by atoms with Crippen molar-refractivity contribution in [1.82, 2.24) is 0 Å². The highest BCUT2D eigenvalue weighted by atomic mass is 35.5. The van der Waals surface area contributed by atoms with Crippen LogP contribution in [0.3, 0.4) is 0 Å². The van der Waals surface area contributed by atoms with Gasteiger partial charge in [0.05, 0.1) is 0 Å². The largest absolute Gasteiger partial charge is 0.489 e. The topological polar surface area (TPSA) is 58.6 Å². The molecule has 0 fully saturated rings. The van der Waals surface area contributed by atoms with Gasteiger partial charge in [0.2, 0.25) is 0 Å². The van der Waals surface area contributed by atoms with E-state index in [2.05, 4.69) is 5.32 Å². The number of aliphatic carboxylic acids is 1. The van der Waals surface area contributed by atoms with E-state index in [1.165, 1.54) is 0 Å². The molecule has 3 rings (SSSR count). The van der Waals surface area contributed by atoms with E-state index in [0.717, 1.165) is 5.56 Å². The molecule has 4 nitrogen and oxygen atoms in total. The molecule has 0 aliphatic rings. The molecule has 138 valence electrons. The van der Waals surface area contributed by atoms with Gasteiger partial charge in [-0.1, -0.05) is 59.6 Å². The summed E-state index contributed by atoms with van der Waals surface area (Å²) in [5.41, 5.74) is 2.08. The fraction of sp³-hybridized carbons (Fsp3) is 0.0952. The zero-order chi connectivity index (χ0) is 19.2. The average Bonchev–Trinajstić information content (AvgIpc) is 2.67. The van der Waals surface area contributed by atoms with Crippen LogP contribution in [0.4, 0.5) is 5.69 Å². The summed E-state index contributed by atoms with van der Waals surface area (Å²) in [5, 5.41) is 13.6. The van der Waals surface area contributed by atoms with Gasteiger partial charge < -0.3 is 15.2 Å². The zero-order valence-electron chi connectivity index (χ0n) is 14.2. The number of carboxylic acid groups (broad SMARTS) is 1. The van der Waals surface area contributed by atoms with E-state index in [0.29, 0.717) is 27.0 Å². The monoisotopic (exact) mass is 401 g/mol. The van der Waals surface area contributed by atoms with Crippen molar-refractivity contribution in [2.45, 2.75) is 12.6 Å². The highest BCUT2D eigenvalue weighted by molar-refractivity contribution is 6.35. The number of benzene rings is 3. The lowest BCUT2D eigenvalue weighted by molar-refractivity contribution is -0.138. The van der Waals surface area contributed by atoms with Gasteiger partial charge in [0, 0.05) is 21.3 Å². The van der Waals surface area contributed by atoms with Gasteiger partial charge in [-0.3, -0.25) is 0 Å². The summed E-state index contributed by atoms with van der Waals surface area (Å²) in [7, 11) is 0. The van der Waals surface area contributed by atoms with Crippen LogP contribution in [0.5, 0.6) is 5.75 Å². The Balaban J connectivity index is 1.67. The Morgan fingerprint density at radius 2 is 1.56 bits per heavy atom. The first-order valence-electron chi connectivity index (χ1n) is 8.24. The predicted octanol–water partition coefficient (Wildman–Crippen LogP) is 5.81. The molecule has 1 atom stereocenters. The molecule has 0 aromatic heterocycles. The van der Waals surface area contributed by atoms with Crippen LogP contribution in [-0.2, 0) is 11.4 Å². The van der Waals surface area contributed by atoms with Gasteiger partial charge in [-0.25, -0.2) is 4.79 Å². The fourth-order valence-corrected chi connectivity index (χ4v) is 3.08. The molecule has 0 radical (unpaired) electrons. The van der Waals surface area contributed by atoms with E-state index >= 15 is 0 Å². The number of carboxylic acids is 1. The summed E-state index contributed by atoms with van der Waals surface area (Å²) in [6, 6.07) is 20.5. The molecule has 0 heterocycles. The Labute approximate surface area is 167 Å². The molecule has 0 amide bonds. The minimum atomic E-state index is -0.949. The number of hydrogen-bond donors (Lipinski definition) is 2. The van der Waals surface area contributed by atoms with Gasteiger partial charge in [-0.15, -0.1) is 0 Å². The first kappa shape index (κ1) is 19.1. The van der Waals surface area contributed by atoms with Crippen LogP contribution in [-0.4, -0.2) is 11.1 Å². The third-order valence-corrected chi connectivity index (χ3v) is 4.70. The number of nitrogens with one attached hydrogen (secondary N) is 1. The summed E-state index contributed by atoms with van der Waals surface area (Å²) >= 11 is 12.3. The predicted molar refractivity (Wildman–Crippen MR) is 108 cm³/mol. The van der Waals surface area contributed by atoms with E-state index in [9.17, 15) is 9.90 Å². The number of rotatable bonds is 7. The van der Waals surface area contributed by atoms with Crippen molar-refractivity contribution in [1.29, 1.82) is 0 Å². The molecule has 1 unspecified atom stereocenters. The molecule has 0 aliphatic carbocycles. The normalized spacial score (nSPS) is 11.6. The van der Waals surface area contributed by atoms with Crippen molar-refractivity contribution in [2.24, 2.45) is 0 Å². The van der Waals surface area contributed by atoms with Crippen LogP contribution >= 0.6 is 23.2 Å². The van der Waals surface area contributed by atoms with Crippen LogP contribution in [0.2, 0.25) is 10.0 Å². The lowest BCUT2D eigenvalue weighted by Gasteiger charge is -2.16. The number of carbonyl (C=O) groups is 1. The second-order valence-corrected chi connectivity index (χ2v) is 6.65. The molecule has 0 bridgehead atoms. The molecular formula is C21H17Cl2NO3. The van der Waals surface area contributed by atoms with Gasteiger partial charge in [0.25, 0.3) is 0 Å². The van der Waals surface area contributed by atoms with E-state index in [4.69, 9.17) is 27.9 Å². The second kappa shape index (κ2) is 8.80. The zero-order valence-corrected chi connectivity index (χ0v) is 15.7. The van der Waals surface area contributed by atoms with Gasteiger partial charge >= 0.3 is 5.97 Å². The number of hydrogen-bond acceptors (Lipinski definition) is 3. The molecule has 27 heavy (non-hydrogen) atoms. The van der Waals surface area contributed by atoms with Crippen LogP contribution in [0, 0.1) is 0 Å². The summed E-state index contributed by atoms with van der Waals surface area (Å²) in [5.74, 6) is -0.321. The molecule has 2 N–H and O–H groups in total. The van der Waals surface area contributed by atoms with Crippen LogP contribution in [0.1, 0.15) is 17.2 Å². The van der Waals surface area contributed by atoms with Crippen molar-refractivity contribution in [3.05, 3.63) is 94.0 Å². The maximum Gasteiger partial charge on any atom is 0.330 e. The Hall–Kier alpha value is -2.69. The molecule has 3 aromatic carbocycles. The summed E-state index contributed by atoms with van der Waals surface area (Å²) in [6.45, 7) is 0.243. The second-order valence-electron chi connectivity index (χ2n) is 5.84. The molecule has 6 heteroatoms. The maximum atomic E-state index is 11.6. The maximum absolute atomic E-state index is 11.6. The summed E-state index contributed by atoms with van der Waals surface area (Å²) < 4.78 is 5.73. The highest BCUT2D eigenvalue weighted by Crippen LogP contribution is 2.27. The van der Waals surface area contributed by atoms with Gasteiger partial charge in [0.15, 0.2) is 6.04 Å². The lowest BCUT2D eigenvalue weighted by atomic mass is 10.1. The van der Waals surface area contributed by atoms with Crippen molar-refractivity contribution >= 4 is 34.9 Å². The fourth-order valence-electron chi connectivity index (χ4n) is 2.57. The smallest absolute Gasteiger partial charge is 0.330 e. The lowest BCUT2D eigenvalue weighted by Crippen LogP contribution is -2.20. The molecule has 0 saturated heterocycles.